The van der Waals surface area contributed by atoms with Gasteiger partial charge in [-0.15, -0.1) is 0 Å². The normalized spacial score (nSPS) is 16.0. The highest BCUT2D eigenvalue weighted by Gasteiger charge is 2.42. The lowest BCUT2D eigenvalue weighted by Gasteiger charge is -2.28. The van der Waals surface area contributed by atoms with Gasteiger partial charge in [0, 0.05) is 5.25 Å². The van der Waals surface area contributed by atoms with E-state index in [1.54, 1.807) is 6.92 Å². The van der Waals surface area contributed by atoms with E-state index in [1.165, 1.54) is 77.0 Å². The number of hydrogen-bond acceptors (Lipinski definition) is 5. The van der Waals surface area contributed by atoms with Gasteiger partial charge in [-0.3, -0.25) is 4.57 Å². The molecule has 0 heterocycles. The highest BCUT2D eigenvalue weighted by Crippen LogP contribution is 2.49. The van der Waals surface area contributed by atoms with Crippen molar-refractivity contribution < 1.29 is 28.6 Å². The Kier molecular flexibility index (Phi) is 23.0. The van der Waals surface area contributed by atoms with Crippen molar-refractivity contribution in [1.82, 2.24) is 0 Å². The van der Waals surface area contributed by atoms with Crippen LogP contribution in [0, 0.1) is 0 Å². The van der Waals surface area contributed by atoms with Gasteiger partial charge < -0.3 is 19.3 Å². The van der Waals surface area contributed by atoms with Gasteiger partial charge in [0.2, 0.25) is 0 Å². The third kappa shape index (κ3) is 18.8. The standard InChI is InChI=1S/C27H55O6PS/c1-5-8-10-12-14-15-16-18-20-23-35-25(21-19-17-13-11-9-6-2)24(4)33-27(26(28)29)34(30,31)32-22-7-3/h24-25,27H,5-23H2,1-4H3,(H,28,29)(H,30,31). The molecule has 0 saturated carbocycles. The second kappa shape index (κ2) is 23.1. The summed E-state index contributed by atoms with van der Waals surface area (Å²) in [6.07, 6.45) is 19.8. The third-order valence-corrected chi connectivity index (χ3v) is 9.34. The number of unbranched alkanes of at least 4 members (excludes halogenated alkanes) is 13. The molecule has 210 valence electrons. The average molecular weight is 539 g/mol. The van der Waals surface area contributed by atoms with Crippen LogP contribution in [0.25, 0.3) is 0 Å². The molecule has 0 aliphatic rings. The lowest BCUT2D eigenvalue weighted by Crippen LogP contribution is -2.34. The van der Waals surface area contributed by atoms with Gasteiger partial charge in [-0.1, -0.05) is 111 Å². The maximum absolute atomic E-state index is 12.5. The Morgan fingerprint density at radius 2 is 1.29 bits per heavy atom. The van der Waals surface area contributed by atoms with Crippen LogP contribution in [0.2, 0.25) is 0 Å². The first-order valence-corrected chi connectivity index (χ1v) is 17.0. The first-order chi connectivity index (χ1) is 16.8. The molecule has 0 aromatic rings. The van der Waals surface area contributed by atoms with E-state index in [0.29, 0.717) is 6.42 Å². The topological polar surface area (TPSA) is 93.1 Å². The van der Waals surface area contributed by atoms with Gasteiger partial charge >= 0.3 is 13.6 Å². The summed E-state index contributed by atoms with van der Waals surface area (Å²) in [5.74, 6) is -2.28. The third-order valence-electron chi connectivity index (χ3n) is 6.28. The van der Waals surface area contributed by atoms with Crippen molar-refractivity contribution in [1.29, 1.82) is 0 Å². The summed E-state index contributed by atoms with van der Waals surface area (Å²) in [4.78, 5) is 21.9. The first-order valence-electron chi connectivity index (χ1n) is 14.3. The van der Waals surface area contributed by atoms with Crippen LogP contribution in [0.1, 0.15) is 137 Å². The Labute approximate surface area is 220 Å². The van der Waals surface area contributed by atoms with Crippen LogP contribution in [-0.4, -0.2) is 45.5 Å². The molecule has 8 heteroatoms. The summed E-state index contributed by atoms with van der Waals surface area (Å²) >= 11 is 1.82. The van der Waals surface area contributed by atoms with Crippen LogP contribution in [0.4, 0.5) is 0 Å². The molecule has 0 saturated heterocycles. The van der Waals surface area contributed by atoms with Crippen molar-refractivity contribution in [2.24, 2.45) is 0 Å². The predicted octanol–water partition coefficient (Wildman–Crippen LogP) is 8.80. The zero-order valence-corrected chi connectivity index (χ0v) is 24.8. The molecular formula is C27H55O6PS. The van der Waals surface area contributed by atoms with Gasteiger partial charge in [-0.2, -0.15) is 11.8 Å². The van der Waals surface area contributed by atoms with Crippen molar-refractivity contribution in [3.63, 3.8) is 0 Å². The van der Waals surface area contributed by atoms with Crippen molar-refractivity contribution >= 4 is 25.3 Å². The second-order valence-electron chi connectivity index (χ2n) is 9.72. The molecule has 35 heavy (non-hydrogen) atoms. The molecule has 0 bridgehead atoms. The maximum Gasteiger partial charge on any atom is 0.368 e. The summed E-state index contributed by atoms with van der Waals surface area (Å²) in [5.41, 5.74) is 0. The summed E-state index contributed by atoms with van der Waals surface area (Å²) in [5, 5.41) is 9.66. The zero-order chi connectivity index (χ0) is 26.4. The van der Waals surface area contributed by atoms with Crippen LogP contribution in [0.5, 0.6) is 0 Å². The number of ether oxygens (including phenoxy) is 1. The van der Waals surface area contributed by atoms with Gasteiger partial charge in [0.1, 0.15) is 0 Å². The molecule has 4 atom stereocenters. The fraction of sp³-hybridized carbons (Fsp3) is 0.963. The average Bonchev–Trinajstić information content (AvgIpc) is 2.82. The van der Waals surface area contributed by atoms with Crippen molar-refractivity contribution in [3.8, 4) is 0 Å². The summed E-state index contributed by atoms with van der Waals surface area (Å²) in [7, 11) is -4.40. The molecule has 0 amide bonds. The van der Waals surface area contributed by atoms with Crippen LogP contribution < -0.4 is 0 Å². The highest BCUT2D eigenvalue weighted by atomic mass is 32.2. The number of carboxylic acid groups (broad SMARTS) is 1. The Hall–Kier alpha value is -0.0700. The van der Waals surface area contributed by atoms with E-state index in [4.69, 9.17) is 9.26 Å². The van der Waals surface area contributed by atoms with Crippen LogP contribution in [0.3, 0.4) is 0 Å². The quantitative estimate of drug-likeness (QED) is 0.0839. The zero-order valence-electron chi connectivity index (χ0n) is 23.0. The van der Waals surface area contributed by atoms with Crippen LogP contribution in [-0.2, 0) is 18.6 Å². The Morgan fingerprint density at radius 3 is 1.77 bits per heavy atom. The van der Waals surface area contributed by atoms with Gasteiger partial charge in [0.05, 0.1) is 12.7 Å². The smallest absolute Gasteiger partial charge is 0.368 e. The van der Waals surface area contributed by atoms with E-state index in [1.807, 2.05) is 18.7 Å². The van der Waals surface area contributed by atoms with Crippen LogP contribution in [0.15, 0.2) is 0 Å². The molecule has 0 rings (SSSR count). The minimum absolute atomic E-state index is 0.0316. The monoisotopic (exact) mass is 538 g/mol. The number of carboxylic acids is 1. The molecule has 0 aliphatic carbocycles. The van der Waals surface area contributed by atoms with E-state index in [9.17, 15) is 19.4 Å². The molecule has 0 spiro atoms. The molecule has 6 nitrogen and oxygen atoms in total. The number of thioether (sulfide) groups is 1. The fourth-order valence-electron chi connectivity index (χ4n) is 4.08. The SMILES string of the molecule is CCCCCCCCCCCSC(CCCCCCCC)C(C)OC(C(=O)O)P(=O)(O)OCCC. The molecule has 0 radical (unpaired) electrons. The molecule has 0 aromatic heterocycles. The highest BCUT2D eigenvalue weighted by molar-refractivity contribution is 7.99. The van der Waals surface area contributed by atoms with Crippen molar-refractivity contribution in [2.45, 2.75) is 154 Å². The summed E-state index contributed by atoms with van der Waals surface area (Å²) in [6.45, 7) is 8.12. The number of aliphatic carboxylic acids is 1. The number of hydrogen-bond donors (Lipinski definition) is 2. The molecule has 0 aliphatic heterocycles. The van der Waals surface area contributed by atoms with Crippen molar-refractivity contribution in [2.75, 3.05) is 12.4 Å². The van der Waals surface area contributed by atoms with Gasteiger partial charge in [0.25, 0.3) is 5.85 Å². The Balaban J connectivity index is 4.69. The molecule has 4 unspecified atom stereocenters. The Morgan fingerprint density at radius 1 is 0.800 bits per heavy atom. The van der Waals surface area contributed by atoms with Gasteiger partial charge in [-0.05, 0) is 31.9 Å². The Bertz CT molecular complexity index is 548. The maximum atomic E-state index is 12.5. The van der Waals surface area contributed by atoms with Gasteiger partial charge in [-0.25, -0.2) is 4.79 Å². The first kappa shape index (κ1) is 34.9. The van der Waals surface area contributed by atoms with Gasteiger partial charge in [0.15, 0.2) is 0 Å². The largest absolute Gasteiger partial charge is 0.479 e. The molecule has 2 N–H and O–H groups in total. The molecule has 0 aromatic carbocycles. The van der Waals surface area contributed by atoms with E-state index < -0.39 is 25.5 Å². The van der Waals surface area contributed by atoms with E-state index in [0.717, 1.165) is 31.4 Å². The van der Waals surface area contributed by atoms with E-state index in [2.05, 4.69) is 13.8 Å². The minimum Gasteiger partial charge on any atom is -0.479 e. The molecule has 0 fully saturated rings. The van der Waals surface area contributed by atoms with E-state index >= 15 is 0 Å². The molecular weight excluding hydrogens is 483 g/mol. The minimum atomic E-state index is -4.40. The number of rotatable bonds is 26. The fourth-order valence-corrected chi connectivity index (χ4v) is 6.63. The number of carbonyl (C=O) groups is 1. The van der Waals surface area contributed by atoms with Crippen molar-refractivity contribution in [3.05, 3.63) is 0 Å². The lowest BCUT2D eigenvalue weighted by molar-refractivity contribution is -0.148. The second-order valence-corrected chi connectivity index (χ2v) is 12.9. The predicted molar refractivity (Wildman–Crippen MR) is 150 cm³/mol. The summed E-state index contributed by atoms with van der Waals surface area (Å²) in [6, 6.07) is 0. The van der Waals surface area contributed by atoms with E-state index in [-0.39, 0.29) is 11.9 Å². The summed E-state index contributed by atoms with van der Waals surface area (Å²) < 4.78 is 23.2. The van der Waals surface area contributed by atoms with Crippen LogP contribution >= 0.6 is 19.4 Å². The lowest BCUT2D eigenvalue weighted by atomic mass is 10.1.